The topological polar surface area (TPSA) is 78.9 Å². The summed E-state index contributed by atoms with van der Waals surface area (Å²) >= 11 is 0. The maximum absolute atomic E-state index is 13.3. The minimum atomic E-state index is -3.63. The summed E-state index contributed by atoms with van der Waals surface area (Å²) in [7, 11) is -2.14. The van der Waals surface area contributed by atoms with Gasteiger partial charge >= 0.3 is 0 Å². The third kappa shape index (κ3) is 4.62. The molecule has 31 heavy (non-hydrogen) atoms. The van der Waals surface area contributed by atoms with Crippen LogP contribution in [-0.2, 0) is 10.0 Å². The molecule has 2 saturated heterocycles. The van der Waals surface area contributed by atoms with Crippen molar-refractivity contribution in [2.75, 3.05) is 56.2 Å². The Kier molecular flexibility index (Phi) is 6.34. The summed E-state index contributed by atoms with van der Waals surface area (Å²) in [6.07, 6.45) is 3.66. The second-order valence-electron chi connectivity index (χ2n) is 8.26. The van der Waals surface area contributed by atoms with Crippen LogP contribution in [0.15, 0.2) is 29.2 Å². The number of methoxy groups -OCH3 is 1. The lowest BCUT2D eigenvalue weighted by molar-refractivity contribution is 0.372. The Labute approximate surface area is 184 Å². The summed E-state index contributed by atoms with van der Waals surface area (Å²) in [6, 6.07) is 7.28. The number of rotatable bonds is 5. The van der Waals surface area contributed by atoms with E-state index in [-0.39, 0.29) is 4.90 Å². The van der Waals surface area contributed by atoms with E-state index in [1.54, 1.807) is 12.1 Å². The fourth-order valence-electron chi connectivity index (χ4n) is 4.22. The van der Waals surface area contributed by atoms with E-state index in [9.17, 15) is 8.42 Å². The largest absolute Gasteiger partial charge is 0.495 e. The van der Waals surface area contributed by atoms with E-state index in [0.29, 0.717) is 37.9 Å². The molecule has 9 heteroatoms. The van der Waals surface area contributed by atoms with E-state index in [4.69, 9.17) is 9.72 Å². The first kappa shape index (κ1) is 21.8. The van der Waals surface area contributed by atoms with Crippen LogP contribution in [0.25, 0.3) is 0 Å². The van der Waals surface area contributed by atoms with Crippen molar-refractivity contribution in [2.24, 2.45) is 0 Å². The molecule has 1 aromatic carbocycles. The minimum Gasteiger partial charge on any atom is -0.495 e. The van der Waals surface area contributed by atoms with Crippen molar-refractivity contribution < 1.29 is 13.2 Å². The van der Waals surface area contributed by atoms with Gasteiger partial charge in [-0.1, -0.05) is 6.07 Å². The predicted octanol–water partition coefficient (Wildman–Crippen LogP) is 2.60. The van der Waals surface area contributed by atoms with Gasteiger partial charge in [0, 0.05) is 51.0 Å². The highest BCUT2D eigenvalue weighted by Crippen LogP contribution is 2.29. The molecule has 2 fully saturated rings. The summed E-state index contributed by atoms with van der Waals surface area (Å²) < 4.78 is 33.4. The molecular weight excluding hydrogens is 414 g/mol. The zero-order chi connectivity index (χ0) is 22.0. The number of benzene rings is 1. The molecule has 0 amide bonds. The van der Waals surface area contributed by atoms with Crippen LogP contribution in [0.2, 0.25) is 0 Å². The number of aryl methyl sites for hydroxylation is 2. The fourth-order valence-corrected chi connectivity index (χ4v) is 5.88. The average Bonchev–Trinajstić information content (AvgIpc) is 2.79. The molecule has 0 spiro atoms. The molecule has 0 aliphatic carbocycles. The quantitative estimate of drug-likeness (QED) is 0.700. The first-order valence-electron chi connectivity index (χ1n) is 10.9. The average molecular weight is 446 g/mol. The monoisotopic (exact) mass is 445 g/mol. The van der Waals surface area contributed by atoms with E-state index in [1.165, 1.54) is 30.7 Å². The number of aromatic nitrogens is 2. The lowest BCUT2D eigenvalue weighted by Gasteiger charge is -2.35. The molecule has 0 N–H and O–H groups in total. The maximum Gasteiger partial charge on any atom is 0.246 e. The summed E-state index contributed by atoms with van der Waals surface area (Å²) in [6.45, 7) is 7.80. The van der Waals surface area contributed by atoms with Gasteiger partial charge in [0.15, 0.2) is 0 Å². The molecule has 0 unspecified atom stereocenters. The van der Waals surface area contributed by atoms with Crippen LogP contribution >= 0.6 is 0 Å². The number of piperazine rings is 1. The second-order valence-corrected chi connectivity index (χ2v) is 10.2. The normalized spacial score (nSPS) is 18.3. The van der Waals surface area contributed by atoms with Crippen molar-refractivity contribution in [2.45, 2.75) is 38.0 Å². The van der Waals surface area contributed by atoms with Gasteiger partial charge in [0.05, 0.1) is 7.11 Å². The lowest BCUT2D eigenvalue weighted by atomic mass is 10.1. The van der Waals surface area contributed by atoms with E-state index in [1.807, 2.05) is 26.0 Å². The number of hydrogen-bond acceptors (Lipinski definition) is 7. The zero-order valence-electron chi connectivity index (χ0n) is 18.5. The number of hydrogen-bond donors (Lipinski definition) is 0. The molecule has 0 bridgehead atoms. The molecule has 3 heterocycles. The Morgan fingerprint density at radius 3 is 2.26 bits per heavy atom. The predicted molar refractivity (Wildman–Crippen MR) is 122 cm³/mol. The van der Waals surface area contributed by atoms with Gasteiger partial charge < -0.3 is 14.5 Å². The van der Waals surface area contributed by atoms with Crippen LogP contribution in [0.1, 0.15) is 30.5 Å². The number of ether oxygens (including phenoxy) is 1. The van der Waals surface area contributed by atoms with Gasteiger partial charge in [0.2, 0.25) is 16.0 Å². The first-order valence-corrected chi connectivity index (χ1v) is 12.3. The maximum atomic E-state index is 13.3. The van der Waals surface area contributed by atoms with Gasteiger partial charge in [-0.15, -0.1) is 0 Å². The molecule has 0 saturated carbocycles. The van der Waals surface area contributed by atoms with Crippen molar-refractivity contribution in [3.8, 4) is 5.75 Å². The van der Waals surface area contributed by atoms with Crippen molar-refractivity contribution >= 4 is 21.8 Å². The van der Waals surface area contributed by atoms with Crippen LogP contribution in [0.5, 0.6) is 5.75 Å². The second kappa shape index (κ2) is 9.00. The molecule has 4 rings (SSSR count). The van der Waals surface area contributed by atoms with Crippen molar-refractivity contribution in [3.63, 3.8) is 0 Å². The smallest absolute Gasteiger partial charge is 0.246 e. The van der Waals surface area contributed by atoms with Gasteiger partial charge in [0.1, 0.15) is 16.5 Å². The van der Waals surface area contributed by atoms with Gasteiger partial charge in [-0.3, -0.25) is 0 Å². The summed E-state index contributed by atoms with van der Waals surface area (Å²) in [5.41, 5.74) is 1.82. The lowest BCUT2D eigenvalue weighted by Crippen LogP contribution is -2.49. The molecule has 2 aromatic rings. The van der Waals surface area contributed by atoms with Gasteiger partial charge in [-0.05, 0) is 50.8 Å². The SMILES string of the molecule is COc1ccc(C)cc1S(=O)(=O)N1CCN(c2nc(C)cc(N3CCCCC3)n2)CC1. The van der Waals surface area contributed by atoms with E-state index in [0.717, 1.165) is 30.2 Å². The summed E-state index contributed by atoms with van der Waals surface area (Å²) in [5.74, 6) is 2.04. The van der Waals surface area contributed by atoms with Crippen molar-refractivity contribution in [1.82, 2.24) is 14.3 Å². The summed E-state index contributed by atoms with van der Waals surface area (Å²) in [5, 5.41) is 0. The number of anilines is 2. The fraction of sp³-hybridized carbons (Fsp3) is 0.545. The van der Waals surface area contributed by atoms with Crippen molar-refractivity contribution in [3.05, 3.63) is 35.5 Å². The summed E-state index contributed by atoms with van der Waals surface area (Å²) in [4.78, 5) is 14.1. The molecule has 2 aliphatic heterocycles. The van der Waals surface area contributed by atoms with Gasteiger partial charge in [0.25, 0.3) is 0 Å². The molecule has 168 valence electrons. The van der Waals surface area contributed by atoms with E-state index >= 15 is 0 Å². The highest BCUT2D eigenvalue weighted by molar-refractivity contribution is 7.89. The third-order valence-corrected chi connectivity index (χ3v) is 7.89. The molecule has 0 radical (unpaired) electrons. The Morgan fingerprint density at radius 1 is 0.871 bits per heavy atom. The third-order valence-electron chi connectivity index (χ3n) is 5.97. The Morgan fingerprint density at radius 2 is 1.58 bits per heavy atom. The van der Waals surface area contributed by atoms with Crippen LogP contribution in [0.4, 0.5) is 11.8 Å². The Hall–Kier alpha value is -2.39. The van der Waals surface area contributed by atoms with E-state index < -0.39 is 10.0 Å². The minimum absolute atomic E-state index is 0.225. The van der Waals surface area contributed by atoms with E-state index in [2.05, 4.69) is 14.8 Å². The highest BCUT2D eigenvalue weighted by atomic mass is 32.2. The first-order chi connectivity index (χ1) is 14.9. The van der Waals surface area contributed by atoms with Crippen LogP contribution in [0.3, 0.4) is 0 Å². The van der Waals surface area contributed by atoms with Crippen LogP contribution in [0, 0.1) is 13.8 Å². The zero-order valence-corrected chi connectivity index (χ0v) is 19.4. The number of nitrogens with zero attached hydrogens (tertiary/aromatic N) is 5. The standard InChI is InChI=1S/C22H31N5O3S/c1-17-7-8-19(30-3)20(15-17)31(28,29)27-13-11-26(12-14-27)22-23-18(2)16-21(24-22)25-9-5-4-6-10-25/h7-8,15-16H,4-6,9-14H2,1-3H3. The molecule has 0 atom stereocenters. The number of piperidine rings is 1. The molecule has 2 aliphatic rings. The molecule has 8 nitrogen and oxygen atoms in total. The molecular formula is C22H31N5O3S. The van der Waals surface area contributed by atoms with Gasteiger partial charge in [-0.25, -0.2) is 13.4 Å². The number of sulfonamides is 1. The Balaban J connectivity index is 1.50. The van der Waals surface area contributed by atoms with Crippen LogP contribution < -0.4 is 14.5 Å². The van der Waals surface area contributed by atoms with Crippen LogP contribution in [-0.4, -0.2) is 69.1 Å². The highest BCUT2D eigenvalue weighted by Gasteiger charge is 2.32. The Bertz CT molecular complexity index is 1030. The molecule has 1 aromatic heterocycles. The van der Waals surface area contributed by atoms with Crippen molar-refractivity contribution in [1.29, 1.82) is 0 Å². The van der Waals surface area contributed by atoms with Gasteiger partial charge in [-0.2, -0.15) is 9.29 Å².